The molecule has 0 saturated heterocycles. The molecule has 19 heavy (non-hydrogen) atoms. The number of hydrogen-bond acceptors (Lipinski definition) is 2. The van der Waals surface area contributed by atoms with Gasteiger partial charge >= 0.3 is 0 Å². The summed E-state index contributed by atoms with van der Waals surface area (Å²) in [4.78, 5) is 4.77. The topological polar surface area (TPSA) is 41.6 Å². The molecule has 2 unspecified atom stereocenters. The Hall–Kier alpha value is -1.82. The van der Waals surface area contributed by atoms with Crippen LogP contribution in [0.2, 0.25) is 0 Å². The summed E-state index contributed by atoms with van der Waals surface area (Å²) in [6, 6.07) is 11.1. The van der Waals surface area contributed by atoms with Crippen molar-refractivity contribution in [3.8, 4) is 6.07 Å². The van der Waals surface area contributed by atoms with E-state index in [1.165, 1.54) is 5.52 Å². The molecule has 1 saturated carbocycles. The van der Waals surface area contributed by atoms with E-state index in [9.17, 15) is 5.26 Å². The van der Waals surface area contributed by atoms with Crippen molar-refractivity contribution in [3.05, 3.63) is 30.1 Å². The zero-order valence-electron chi connectivity index (χ0n) is 11.3. The number of rotatable bonds is 3. The summed E-state index contributed by atoms with van der Waals surface area (Å²) in [7, 11) is 0. The summed E-state index contributed by atoms with van der Waals surface area (Å²) in [6.45, 7) is 2.18. The molecule has 1 fully saturated rings. The number of aromatic nitrogens is 2. The molecule has 1 heterocycles. The molecular formula is C16H19N3. The van der Waals surface area contributed by atoms with Crippen LogP contribution in [0.25, 0.3) is 11.0 Å². The van der Waals surface area contributed by atoms with Crippen LogP contribution >= 0.6 is 0 Å². The Morgan fingerprint density at radius 3 is 3.00 bits per heavy atom. The van der Waals surface area contributed by atoms with E-state index in [0.717, 1.165) is 43.4 Å². The largest absolute Gasteiger partial charge is 0.324 e. The molecule has 0 bridgehead atoms. The predicted molar refractivity (Wildman–Crippen MR) is 75.7 cm³/mol. The molecule has 3 rings (SSSR count). The summed E-state index contributed by atoms with van der Waals surface area (Å²) in [6.07, 6.45) is 5.37. The van der Waals surface area contributed by atoms with Gasteiger partial charge in [0.25, 0.3) is 0 Å². The average molecular weight is 253 g/mol. The maximum atomic E-state index is 9.34. The maximum Gasteiger partial charge on any atom is 0.110 e. The van der Waals surface area contributed by atoms with Crippen LogP contribution in [0.5, 0.6) is 0 Å². The second-order valence-electron chi connectivity index (χ2n) is 5.37. The molecule has 1 aromatic carbocycles. The molecule has 1 aliphatic rings. The first-order valence-corrected chi connectivity index (χ1v) is 7.20. The highest BCUT2D eigenvalue weighted by atomic mass is 15.1. The quantitative estimate of drug-likeness (QED) is 0.833. The van der Waals surface area contributed by atoms with Crippen molar-refractivity contribution in [1.29, 1.82) is 5.26 Å². The summed E-state index contributed by atoms with van der Waals surface area (Å²) in [5.41, 5.74) is 2.26. The molecule has 0 spiro atoms. The van der Waals surface area contributed by atoms with Crippen LogP contribution in [0.4, 0.5) is 0 Å². The second kappa shape index (κ2) is 5.05. The number of nitrogens with zero attached hydrogens (tertiary/aromatic N) is 3. The first-order chi connectivity index (χ1) is 9.35. The van der Waals surface area contributed by atoms with E-state index in [2.05, 4.69) is 35.8 Å². The fourth-order valence-corrected chi connectivity index (χ4v) is 3.26. The van der Waals surface area contributed by atoms with Crippen molar-refractivity contribution in [2.45, 2.75) is 45.1 Å². The molecule has 0 aliphatic heterocycles. The van der Waals surface area contributed by atoms with Gasteiger partial charge in [-0.3, -0.25) is 0 Å². The molecule has 2 atom stereocenters. The number of aryl methyl sites for hydroxylation is 1. The standard InChI is InChI=1S/C16H19N3/c1-2-6-16-18-13-8-3-4-9-15(13)19(16)14-10-5-7-12(14)11-17/h3-4,8-9,12,14H,2,5-7,10H2,1H3. The number of nitriles is 1. The highest BCUT2D eigenvalue weighted by Gasteiger charge is 2.31. The third kappa shape index (κ3) is 2.02. The van der Waals surface area contributed by atoms with Crippen LogP contribution in [0.3, 0.4) is 0 Å². The monoisotopic (exact) mass is 253 g/mol. The van der Waals surface area contributed by atoms with Gasteiger partial charge in [0.2, 0.25) is 0 Å². The lowest BCUT2D eigenvalue weighted by molar-refractivity contribution is 0.444. The lowest BCUT2D eigenvalue weighted by Crippen LogP contribution is -2.15. The molecule has 1 aromatic heterocycles. The van der Waals surface area contributed by atoms with Gasteiger partial charge in [0.1, 0.15) is 5.82 Å². The lowest BCUT2D eigenvalue weighted by atomic mass is 10.0. The molecule has 98 valence electrons. The highest BCUT2D eigenvalue weighted by Crippen LogP contribution is 2.38. The molecule has 3 nitrogen and oxygen atoms in total. The van der Waals surface area contributed by atoms with E-state index in [4.69, 9.17) is 4.98 Å². The Bertz CT molecular complexity index is 620. The Morgan fingerprint density at radius 1 is 1.37 bits per heavy atom. The summed E-state index contributed by atoms with van der Waals surface area (Å²) < 4.78 is 2.35. The van der Waals surface area contributed by atoms with Gasteiger partial charge in [0, 0.05) is 6.42 Å². The van der Waals surface area contributed by atoms with Crippen molar-refractivity contribution in [3.63, 3.8) is 0 Å². The second-order valence-corrected chi connectivity index (χ2v) is 5.37. The van der Waals surface area contributed by atoms with E-state index >= 15 is 0 Å². The van der Waals surface area contributed by atoms with Crippen LogP contribution in [0.1, 0.15) is 44.5 Å². The van der Waals surface area contributed by atoms with Crippen LogP contribution in [0.15, 0.2) is 24.3 Å². The summed E-state index contributed by atoms with van der Waals surface area (Å²) >= 11 is 0. The molecule has 0 radical (unpaired) electrons. The summed E-state index contributed by atoms with van der Waals surface area (Å²) in [5, 5.41) is 9.34. The minimum atomic E-state index is 0.146. The summed E-state index contributed by atoms with van der Waals surface area (Å²) in [5.74, 6) is 1.30. The van der Waals surface area contributed by atoms with E-state index < -0.39 is 0 Å². The van der Waals surface area contributed by atoms with Crippen LogP contribution in [0, 0.1) is 17.2 Å². The Balaban J connectivity index is 2.14. The van der Waals surface area contributed by atoms with Crippen molar-refractivity contribution >= 4 is 11.0 Å². The first-order valence-electron chi connectivity index (χ1n) is 7.20. The minimum Gasteiger partial charge on any atom is -0.324 e. The molecule has 2 aromatic rings. The van der Waals surface area contributed by atoms with Gasteiger partial charge < -0.3 is 4.57 Å². The van der Waals surface area contributed by atoms with Gasteiger partial charge in [0.05, 0.1) is 29.1 Å². The third-order valence-corrected chi connectivity index (χ3v) is 4.12. The lowest BCUT2D eigenvalue weighted by Gasteiger charge is -2.19. The number of benzene rings is 1. The fraction of sp³-hybridized carbons (Fsp3) is 0.500. The molecule has 0 N–H and O–H groups in total. The molecule has 1 aliphatic carbocycles. The third-order valence-electron chi connectivity index (χ3n) is 4.12. The number of para-hydroxylation sites is 2. The van der Waals surface area contributed by atoms with Crippen LogP contribution < -0.4 is 0 Å². The van der Waals surface area contributed by atoms with E-state index in [1.54, 1.807) is 0 Å². The predicted octanol–water partition coefficient (Wildman–Crippen LogP) is 3.85. The number of imidazole rings is 1. The zero-order valence-corrected chi connectivity index (χ0v) is 11.3. The van der Waals surface area contributed by atoms with Gasteiger partial charge in [-0.15, -0.1) is 0 Å². The van der Waals surface area contributed by atoms with Gasteiger partial charge in [-0.2, -0.15) is 5.26 Å². The van der Waals surface area contributed by atoms with Crippen LogP contribution in [-0.4, -0.2) is 9.55 Å². The van der Waals surface area contributed by atoms with Crippen molar-refractivity contribution in [2.75, 3.05) is 0 Å². The zero-order chi connectivity index (χ0) is 13.2. The van der Waals surface area contributed by atoms with E-state index in [0.29, 0.717) is 6.04 Å². The SMILES string of the molecule is CCCc1nc2ccccc2n1C1CCCC1C#N. The highest BCUT2D eigenvalue weighted by molar-refractivity contribution is 5.76. The first kappa shape index (κ1) is 12.2. The van der Waals surface area contributed by atoms with Crippen LogP contribution in [-0.2, 0) is 6.42 Å². The van der Waals surface area contributed by atoms with E-state index in [1.807, 2.05) is 6.07 Å². The Morgan fingerprint density at radius 2 is 2.21 bits per heavy atom. The Labute approximate surface area is 113 Å². The van der Waals surface area contributed by atoms with Crippen molar-refractivity contribution in [2.24, 2.45) is 5.92 Å². The Kier molecular flexibility index (Phi) is 3.25. The van der Waals surface area contributed by atoms with Gasteiger partial charge in [-0.1, -0.05) is 19.1 Å². The van der Waals surface area contributed by atoms with E-state index in [-0.39, 0.29) is 5.92 Å². The van der Waals surface area contributed by atoms with Gasteiger partial charge in [0.15, 0.2) is 0 Å². The van der Waals surface area contributed by atoms with Gasteiger partial charge in [-0.05, 0) is 37.8 Å². The number of fused-ring (bicyclic) bond motifs is 1. The fourth-order valence-electron chi connectivity index (χ4n) is 3.26. The maximum absolute atomic E-state index is 9.34. The van der Waals surface area contributed by atoms with Crippen molar-refractivity contribution in [1.82, 2.24) is 9.55 Å². The molecular weight excluding hydrogens is 234 g/mol. The van der Waals surface area contributed by atoms with Crippen molar-refractivity contribution < 1.29 is 0 Å². The average Bonchev–Trinajstić information content (AvgIpc) is 3.01. The normalized spacial score (nSPS) is 22.7. The molecule has 3 heteroatoms. The van der Waals surface area contributed by atoms with Gasteiger partial charge in [-0.25, -0.2) is 4.98 Å². The number of hydrogen-bond donors (Lipinski definition) is 0. The minimum absolute atomic E-state index is 0.146. The molecule has 0 amide bonds. The smallest absolute Gasteiger partial charge is 0.110 e.